The molecular weight excluding hydrogens is 438 g/mol. The van der Waals surface area contributed by atoms with E-state index in [1.165, 1.54) is 0 Å². The second-order valence-corrected chi connectivity index (χ2v) is 8.23. The Morgan fingerprint density at radius 1 is 1.09 bits per heavy atom. The van der Waals surface area contributed by atoms with Crippen molar-refractivity contribution >= 4 is 22.3 Å². The molecule has 0 fully saturated rings. The van der Waals surface area contributed by atoms with Gasteiger partial charge >= 0.3 is 0 Å². The van der Waals surface area contributed by atoms with E-state index in [1.54, 1.807) is 41.4 Å². The molecule has 0 aliphatic carbocycles. The molecule has 0 saturated heterocycles. The number of amides is 1. The molecule has 7 nitrogen and oxygen atoms in total. The zero-order chi connectivity index (χ0) is 24.5. The number of pyridine rings is 1. The molecule has 172 valence electrons. The van der Waals surface area contributed by atoms with Crippen LogP contribution in [0.15, 0.2) is 77.9 Å². The lowest BCUT2D eigenvalue weighted by Crippen LogP contribution is -2.32. The Hall–Kier alpha value is -4.70. The number of para-hydroxylation sites is 1. The lowest BCUT2D eigenvalue weighted by molar-refractivity contribution is 0.0939. The van der Waals surface area contributed by atoms with Crippen LogP contribution in [0.3, 0.4) is 0 Å². The van der Waals surface area contributed by atoms with Crippen LogP contribution in [0.5, 0.6) is 0 Å². The Balaban J connectivity index is 1.66. The first-order valence-corrected chi connectivity index (χ1v) is 11.3. The number of hydrogen-bond donors (Lipinski definition) is 1. The number of nitrogens with one attached hydrogen (secondary N) is 1. The maximum atomic E-state index is 13.9. The summed E-state index contributed by atoms with van der Waals surface area (Å²) in [7, 11) is 0. The van der Waals surface area contributed by atoms with Crippen LogP contribution in [-0.4, -0.2) is 25.1 Å². The number of aromatic nitrogens is 4. The molecule has 3 heterocycles. The molecule has 0 saturated carbocycles. The third-order valence-corrected chi connectivity index (χ3v) is 5.94. The second kappa shape index (κ2) is 8.92. The number of aryl methyl sites for hydroxylation is 1. The fourth-order valence-electron chi connectivity index (χ4n) is 4.39. The lowest BCUT2D eigenvalue weighted by atomic mass is 10.0. The summed E-state index contributed by atoms with van der Waals surface area (Å²) in [5.41, 5.74) is 3.33. The van der Waals surface area contributed by atoms with Crippen LogP contribution in [-0.2, 0) is 0 Å². The second-order valence-electron chi connectivity index (χ2n) is 8.23. The Morgan fingerprint density at radius 2 is 1.89 bits per heavy atom. The smallest absolute Gasteiger partial charge is 0.264 e. The van der Waals surface area contributed by atoms with E-state index in [4.69, 9.17) is 0 Å². The topological polar surface area (TPSA) is 81.3 Å². The van der Waals surface area contributed by atoms with Crippen LogP contribution in [0.25, 0.3) is 22.1 Å². The fraction of sp³-hybridized carbons (Fsp3) is 0.143. The molecule has 1 N–H and O–H groups in total. The maximum absolute atomic E-state index is 13.9. The molecule has 35 heavy (non-hydrogen) atoms. The Labute approximate surface area is 202 Å². The first-order chi connectivity index (χ1) is 17.0. The van der Waals surface area contributed by atoms with Gasteiger partial charge in [-0.2, -0.15) is 5.10 Å². The van der Waals surface area contributed by atoms with Crippen LogP contribution < -0.4 is 10.9 Å². The summed E-state index contributed by atoms with van der Waals surface area (Å²) < 4.78 is 3.23. The van der Waals surface area contributed by atoms with Crippen molar-refractivity contribution in [3.05, 3.63) is 106 Å². The number of rotatable bonds is 4. The van der Waals surface area contributed by atoms with E-state index in [2.05, 4.69) is 27.2 Å². The van der Waals surface area contributed by atoms with Crippen LogP contribution in [0.2, 0.25) is 0 Å². The van der Waals surface area contributed by atoms with Crippen molar-refractivity contribution in [2.24, 2.45) is 0 Å². The molecular formula is C28H23N5O2. The third-order valence-electron chi connectivity index (χ3n) is 5.94. The first-order valence-electron chi connectivity index (χ1n) is 11.3. The SMILES string of the molecule is CC#Cc1cccc2cc([C@@H](C)NC(=O)c3c(C)nn4cccnc34)n(-c3ccccc3)c(=O)c12. The molecule has 0 aliphatic rings. The lowest BCUT2D eigenvalue weighted by Gasteiger charge is -2.21. The van der Waals surface area contributed by atoms with E-state index in [1.807, 2.05) is 61.5 Å². The summed E-state index contributed by atoms with van der Waals surface area (Å²) in [6.45, 7) is 5.39. The number of carbonyl (C=O) groups excluding carboxylic acids is 1. The molecule has 0 aliphatic heterocycles. The van der Waals surface area contributed by atoms with Gasteiger partial charge in [-0.15, -0.1) is 5.92 Å². The molecule has 0 spiro atoms. The molecule has 1 atom stereocenters. The van der Waals surface area contributed by atoms with Crippen LogP contribution in [0.1, 0.15) is 47.2 Å². The summed E-state index contributed by atoms with van der Waals surface area (Å²) in [6.07, 6.45) is 3.38. The maximum Gasteiger partial charge on any atom is 0.264 e. The molecule has 3 aromatic heterocycles. The highest BCUT2D eigenvalue weighted by atomic mass is 16.2. The molecule has 1 amide bonds. The van der Waals surface area contributed by atoms with Crippen molar-refractivity contribution in [2.75, 3.05) is 0 Å². The summed E-state index contributed by atoms with van der Waals surface area (Å²) in [5.74, 6) is 5.63. The van der Waals surface area contributed by atoms with Crippen molar-refractivity contribution in [2.45, 2.75) is 26.8 Å². The minimum absolute atomic E-state index is 0.183. The molecule has 0 unspecified atom stereocenters. The van der Waals surface area contributed by atoms with Gasteiger partial charge in [-0.3, -0.25) is 14.2 Å². The van der Waals surface area contributed by atoms with Gasteiger partial charge in [0.15, 0.2) is 5.65 Å². The van der Waals surface area contributed by atoms with E-state index in [0.717, 1.165) is 5.39 Å². The molecule has 2 aromatic carbocycles. The largest absolute Gasteiger partial charge is 0.344 e. The van der Waals surface area contributed by atoms with Crippen molar-refractivity contribution in [3.63, 3.8) is 0 Å². The Bertz CT molecular complexity index is 1700. The first kappa shape index (κ1) is 22.1. The average molecular weight is 462 g/mol. The van der Waals surface area contributed by atoms with Gasteiger partial charge in [0.05, 0.1) is 17.1 Å². The fourth-order valence-corrected chi connectivity index (χ4v) is 4.39. The van der Waals surface area contributed by atoms with Gasteiger partial charge in [0.25, 0.3) is 11.5 Å². The highest BCUT2D eigenvalue weighted by molar-refractivity contribution is 6.01. The highest BCUT2D eigenvalue weighted by Crippen LogP contribution is 2.24. The van der Waals surface area contributed by atoms with E-state index in [0.29, 0.717) is 39.2 Å². The van der Waals surface area contributed by atoms with E-state index >= 15 is 0 Å². The monoisotopic (exact) mass is 461 g/mol. The van der Waals surface area contributed by atoms with Gasteiger partial charge in [0.1, 0.15) is 5.56 Å². The average Bonchev–Trinajstić information content (AvgIpc) is 3.20. The van der Waals surface area contributed by atoms with E-state index in [-0.39, 0.29) is 11.5 Å². The minimum Gasteiger partial charge on any atom is -0.344 e. The summed E-state index contributed by atoms with van der Waals surface area (Å²) in [4.78, 5) is 31.5. The van der Waals surface area contributed by atoms with Crippen molar-refractivity contribution in [3.8, 4) is 17.5 Å². The zero-order valence-corrected chi connectivity index (χ0v) is 19.6. The van der Waals surface area contributed by atoms with Gasteiger partial charge in [-0.25, -0.2) is 9.50 Å². The predicted molar refractivity (Wildman–Crippen MR) is 136 cm³/mol. The summed E-state index contributed by atoms with van der Waals surface area (Å²) in [6, 6.07) is 18.2. The Kier molecular flexibility index (Phi) is 5.63. The molecule has 5 rings (SSSR count). The normalized spacial score (nSPS) is 11.7. The predicted octanol–water partition coefficient (Wildman–Crippen LogP) is 4.20. The van der Waals surface area contributed by atoms with Gasteiger partial charge in [-0.1, -0.05) is 36.3 Å². The summed E-state index contributed by atoms with van der Waals surface area (Å²) in [5, 5.41) is 8.76. The van der Waals surface area contributed by atoms with E-state index < -0.39 is 6.04 Å². The quantitative estimate of drug-likeness (QED) is 0.407. The van der Waals surface area contributed by atoms with Crippen molar-refractivity contribution in [1.29, 1.82) is 0 Å². The number of benzene rings is 2. The number of nitrogens with zero attached hydrogens (tertiary/aromatic N) is 4. The van der Waals surface area contributed by atoms with E-state index in [9.17, 15) is 9.59 Å². The number of carbonyl (C=O) groups is 1. The van der Waals surface area contributed by atoms with Crippen molar-refractivity contribution < 1.29 is 4.79 Å². The number of hydrogen-bond acceptors (Lipinski definition) is 4. The molecule has 0 bridgehead atoms. The molecule has 0 radical (unpaired) electrons. The number of fused-ring (bicyclic) bond motifs is 2. The molecule has 5 aromatic rings. The standard InChI is InChI=1S/C28H23N5O2/c1-4-10-20-11-8-12-21-17-23(33(28(35)25(20)21)22-13-6-5-7-14-22)18(2)30-27(34)24-19(3)31-32-16-9-15-29-26(24)32/h5-9,11-18H,1-3H3,(H,30,34)/t18-/m1/s1. The minimum atomic E-state index is -0.487. The van der Waals surface area contributed by atoms with Gasteiger partial charge in [-0.05, 0) is 56.5 Å². The van der Waals surface area contributed by atoms with Crippen LogP contribution in [0.4, 0.5) is 0 Å². The molecule has 7 heteroatoms. The van der Waals surface area contributed by atoms with Crippen LogP contribution in [0, 0.1) is 18.8 Å². The zero-order valence-electron chi connectivity index (χ0n) is 19.6. The van der Waals surface area contributed by atoms with Gasteiger partial charge in [0.2, 0.25) is 0 Å². The summed E-state index contributed by atoms with van der Waals surface area (Å²) >= 11 is 0. The van der Waals surface area contributed by atoms with Crippen molar-refractivity contribution in [1.82, 2.24) is 24.5 Å². The highest BCUT2D eigenvalue weighted by Gasteiger charge is 2.23. The van der Waals surface area contributed by atoms with Gasteiger partial charge in [0, 0.05) is 29.3 Å². The van der Waals surface area contributed by atoms with Crippen LogP contribution >= 0.6 is 0 Å². The van der Waals surface area contributed by atoms with Gasteiger partial charge < -0.3 is 5.32 Å². The third kappa shape index (κ3) is 3.85. The Morgan fingerprint density at radius 3 is 2.66 bits per heavy atom.